The number of anilines is 1. The molecule has 1 aliphatic rings. The zero-order chi connectivity index (χ0) is 18.0. The van der Waals surface area contributed by atoms with Gasteiger partial charge in [0, 0.05) is 45.3 Å². The van der Waals surface area contributed by atoms with Crippen molar-refractivity contribution in [1.29, 1.82) is 0 Å². The van der Waals surface area contributed by atoms with Crippen molar-refractivity contribution >= 4 is 17.6 Å². The van der Waals surface area contributed by atoms with Crippen molar-refractivity contribution in [2.75, 3.05) is 26.0 Å². The Kier molecular flexibility index (Phi) is 4.65. The average Bonchev–Trinajstić information content (AvgIpc) is 2.61. The lowest BCUT2D eigenvalue weighted by Crippen LogP contribution is -2.42. The van der Waals surface area contributed by atoms with Crippen LogP contribution in [-0.2, 0) is 13.0 Å². The van der Waals surface area contributed by atoms with Gasteiger partial charge in [0.1, 0.15) is 5.82 Å². The molecule has 0 spiro atoms. The van der Waals surface area contributed by atoms with Crippen molar-refractivity contribution in [3.05, 3.63) is 59.2 Å². The topological polar surface area (TPSA) is 65.5 Å². The van der Waals surface area contributed by atoms with Crippen LogP contribution in [0.1, 0.15) is 21.5 Å². The number of nitrogens with one attached hydrogen (secondary N) is 1. The standard InChI is InChI=1S/C18H19FN4O2/c1-22(2)18(25)23-8-7-15-12(11-23)9-20-10-16(15)17(24)21-14-5-3-13(19)4-6-14/h3-6,9-10H,7-8,11H2,1-2H3,(H,21,24). The number of halogens is 1. The molecule has 2 heterocycles. The SMILES string of the molecule is CN(C)C(=O)N1CCc2c(cncc2C(=O)Nc2ccc(F)cc2)C1. The third-order valence-corrected chi connectivity index (χ3v) is 4.14. The number of nitrogens with zero attached hydrogens (tertiary/aromatic N) is 3. The molecule has 3 rings (SSSR count). The van der Waals surface area contributed by atoms with Crippen LogP contribution in [0.15, 0.2) is 36.7 Å². The van der Waals surface area contributed by atoms with Gasteiger partial charge in [0.05, 0.1) is 5.56 Å². The molecule has 0 saturated carbocycles. The molecule has 2 aromatic rings. The first-order chi connectivity index (χ1) is 12.0. The second kappa shape index (κ2) is 6.88. The summed E-state index contributed by atoms with van der Waals surface area (Å²) in [5.41, 5.74) is 2.77. The lowest BCUT2D eigenvalue weighted by Gasteiger charge is -2.31. The number of urea groups is 1. The van der Waals surface area contributed by atoms with E-state index in [-0.39, 0.29) is 17.8 Å². The predicted octanol–water partition coefficient (Wildman–Crippen LogP) is 2.51. The predicted molar refractivity (Wildman–Crippen MR) is 91.8 cm³/mol. The fourth-order valence-corrected chi connectivity index (χ4v) is 2.87. The molecule has 130 valence electrons. The van der Waals surface area contributed by atoms with Gasteiger partial charge in [-0.1, -0.05) is 0 Å². The van der Waals surface area contributed by atoms with Gasteiger partial charge < -0.3 is 15.1 Å². The molecule has 0 radical (unpaired) electrons. The van der Waals surface area contributed by atoms with Crippen LogP contribution in [0.25, 0.3) is 0 Å². The van der Waals surface area contributed by atoms with E-state index in [1.54, 1.807) is 25.2 Å². The number of benzene rings is 1. The lowest BCUT2D eigenvalue weighted by atomic mass is 9.97. The van der Waals surface area contributed by atoms with Gasteiger partial charge in [0.2, 0.25) is 0 Å². The minimum Gasteiger partial charge on any atom is -0.331 e. The molecule has 1 N–H and O–H groups in total. The Morgan fingerprint density at radius 2 is 1.92 bits per heavy atom. The molecule has 6 nitrogen and oxygen atoms in total. The molecule has 3 amide bonds. The Bertz CT molecular complexity index is 805. The fourth-order valence-electron chi connectivity index (χ4n) is 2.87. The van der Waals surface area contributed by atoms with Crippen molar-refractivity contribution in [2.45, 2.75) is 13.0 Å². The molecule has 1 aromatic carbocycles. The van der Waals surface area contributed by atoms with E-state index >= 15 is 0 Å². The van der Waals surface area contributed by atoms with Crippen LogP contribution < -0.4 is 5.32 Å². The molecular formula is C18H19FN4O2. The Balaban J connectivity index is 1.80. The molecule has 7 heteroatoms. The number of hydrogen-bond acceptors (Lipinski definition) is 3. The van der Waals surface area contributed by atoms with E-state index in [2.05, 4.69) is 10.3 Å². The fraction of sp³-hybridized carbons (Fsp3) is 0.278. The van der Waals surface area contributed by atoms with Crippen LogP contribution in [-0.4, -0.2) is 47.4 Å². The zero-order valence-corrected chi connectivity index (χ0v) is 14.1. The maximum absolute atomic E-state index is 13.0. The van der Waals surface area contributed by atoms with E-state index in [4.69, 9.17) is 0 Å². The van der Waals surface area contributed by atoms with E-state index in [1.807, 2.05) is 0 Å². The second-order valence-electron chi connectivity index (χ2n) is 6.13. The molecule has 0 fully saturated rings. The number of pyridine rings is 1. The largest absolute Gasteiger partial charge is 0.331 e. The van der Waals surface area contributed by atoms with E-state index in [0.29, 0.717) is 30.8 Å². The summed E-state index contributed by atoms with van der Waals surface area (Å²) >= 11 is 0. The zero-order valence-electron chi connectivity index (χ0n) is 14.1. The van der Waals surface area contributed by atoms with Crippen LogP contribution in [0.3, 0.4) is 0 Å². The number of rotatable bonds is 2. The van der Waals surface area contributed by atoms with Gasteiger partial charge in [-0.15, -0.1) is 0 Å². The third kappa shape index (κ3) is 3.60. The molecule has 0 unspecified atom stereocenters. The van der Waals surface area contributed by atoms with Crippen molar-refractivity contribution in [1.82, 2.24) is 14.8 Å². The average molecular weight is 342 g/mol. The van der Waals surface area contributed by atoms with Crippen molar-refractivity contribution < 1.29 is 14.0 Å². The lowest BCUT2D eigenvalue weighted by molar-refractivity contribution is 0.102. The first-order valence-electron chi connectivity index (χ1n) is 7.94. The van der Waals surface area contributed by atoms with Crippen LogP contribution in [0.4, 0.5) is 14.9 Å². The summed E-state index contributed by atoms with van der Waals surface area (Å²) in [4.78, 5) is 32.1. The Morgan fingerprint density at radius 3 is 2.60 bits per heavy atom. The maximum Gasteiger partial charge on any atom is 0.319 e. The number of aromatic nitrogens is 1. The monoisotopic (exact) mass is 342 g/mol. The number of carbonyl (C=O) groups is 2. The molecule has 0 aliphatic carbocycles. The van der Waals surface area contributed by atoms with Crippen molar-refractivity contribution in [3.63, 3.8) is 0 Å². The number of hydrogen-bond donors (Lipinski definition) is 1. The van der Waals surface area contributed by atoms with Crippen LogP contribution in [0.2, 0.25) is 0 Å². The van der Waals surface area contributed by atoms with E-state index in [1.165, 1.54) is 35.4 Å². The number of fused-ring (bicyclic) bond motifs is 1. The number of carbonyl (C=O) groups excluding carboxylic acids is 2. The summed E-state index contributed by atoms with van der Waals surface area (Å²) in [5.74, 6) is -0.647. The quantitative estimate of drug-likeness (QED) is 0.912. The summed E-state index contributed by atoms with van der Waals surface area (Å²) in [6.45, 7) is 0.974. The highest BCUT2D eigenvalue weighted by Crippen LogP contribution is 2.23. The van der Waals surface area contributed by atoms with E-state index in [9.17, 15) is 14.0 Å². The van der Waals surface area contributed by atoms with Crippen molar-refractivity contribution in [3.8, 4) is 0 Å². The third-order valence-electron chi connectivity index (χ3n) is 4.14. The Hall–Kier alpha value is -2.96. The van der Waals surface area contributed by atoms with Gasteiger partial charge in [-0.3, -0.25) is 9.78 Å². The van der Waals surface area contributed by atoms with Gasteiger partial charge >= 0.3 is 6.03 Å². The minimum atomic E-state index is -0.359. The van der Waals surface area contributed by atoms with Crippen LogP contribution >= 0.6 is 0 Å². The van der Waals surface area contributed by atoms with Gasteiger partial charge in [-0.2, -0.15) is 0 Å². The molecular weight excluding hydrogens is 323 g/mol. The number of amides is 3. The van der Waals surface area contributed by atoms with Gasteiger partial charge in [-0.25, -0.2) is 9.18 Å². The molecule has 1 aliphatic heterocycles. The summed E-state index contributed by atoms with van der Waals surface area (Å²) in [5, 5.41) is 2.75. The Labute approximate surface area is 145 Å². The summed E-state index contributed by atoms with van der Waals surface area (Å²) < 4.78 is 13.0. The summed E-state index contributed by atoms with van der Waals surface area (Å²) in [6, 6.07) is 5.53. The van der Waals surface area contributed by atoms with Gasteiger partial charge in [0.25, 0.3) is 5.91 Å². The molecule has 0 bridgehead atoms. The molecule has 0 saturated heterocycles. The summed E-state index contributed by atoms with van der Waals surface area (Å²) in [6.07, 6.45) is 3.81. The maximum atomic E-state index is 13.0. The second-order valence-corrected chi connectivity index (χ2v) is 6.13. The summed E-state index contributed by atoms with van der Waals surface area (Å²) in [7, 11) is 3.42. The molecule has 25 heavy (non-hydrogen) atoms. The first kappa shape index (κ1) is 16.9. The first-order valence-corrected chi connectivity index (χ1v) is 7.94. The minimum absolute atomic E-state index is 0.0631. The van der Waals surface area contributed by atoms with Gasteiger partial charge in [0.15, 0.2) is 0 Å². The van der Waals surface area contributed by atoms with E-state index in [0.717, 1.165) is 11.1 Å². The highest BCUT2D eigenvalue weighted by molar-refractivity contribution is 6.05. The van der Waals surface area contributed by atoms with Crippen LogP contribution in [0.5, 0.6) is 0 Å². The Morgan fingerprint density at radius 1 is 1.20 bits per heavy atom. The van der Waals surface area contributed by atoms with Gasteiger partial charge in [-0.05, 0) is 41.8 Å². The highest BCUT2D eigenvalue weighted by atomic mass is 19.1. The normalized spacial score (nSPS) is 13.2. The van der Waals surface area contributed by atoms with E-state index < -0.39 is 0 Å². The van der Waals surface area contributed by atoms with Crippen LogP contribution in [0, 0.1) is 5.82 Å². The highest BCUT2D eigenvalue weighted by Gasteiger charge is 2.25. The molecule has 0 atom stereocenters. The molecule has 1 aromatic heterocycles. The smallest absolute Gasteiger partial charge is 0.319 e. The van der Waals surface area contributed by atoms with Crippen molar-refractivity contribution in [2.24, 2.45) is 0 Å².